The van der Waals surface area contributed by atoms with Crippen molar-refractivity contribution in [2.24, 2.45) is 0 Å². The Hall–Kier alpha value is -4.73. The Labute approximate surface area is 233 Å². The highest BCUT2D eigenvalue weighted by atomic mass is 32.1. The molecule has 7 rings (SSSR count). The van der Waals surface area contributed by atoms with Crippen LogP contribution in [0.1, 0.15) is 0 Å². The maximum atomic E-state index is 4.56. The first-order valence-corrected chi connectivity index (χ1v) is 13.5. The van der Waals surface area contributed by atoms with Gasteiger partial charge in [0.2, 0.25) is 0 Å². The van der Waals surface area contributed by atoms with Gasteiger partial charge in [-0.05, 0) is 77.9 Å². The third kappa shape index (κ3) is 4.18. The first-order valence-electron chi connectivity index (χ1n) is 13.1. The van der Waals surface area contributed by atoms with Gasteiger partial charge in [-0.15, -0.1) is 12.6 Å². The van der Waals surface area contributed by atoms with Gasteiger partial charge in [-0.25, -0.2) is 0 Å². The number of aromatic nitrogens is 1. The molecule has 0 unspecified atom stereocenters. The number of anilines is 3. The third-order valence-corrected chi connectivity index (χ3v) is 7.57. The quantitative estimate of drug-likeness (QED) is 0.223. The van der Waals surface area contributed by atoms with Crippen molar-refractivity contribution in [2.45, 2.75) is 4.90 Å². The fourth-order valence-corrected chi connectivity index (χ4v) is 5.65. The van der Waals surface area contributed by atoms with Crippen molar-refractivity contribution in [1.29, 1.82) is 0 Å². The minimum atomic E-state index is 0.942. The highest BCUT2D eigenvalue weighted by Crippen LogP contribution is 2.44. The zero-order chi connectivity index (χ0) is 26.2. The molecule has 7 aromatic rings. The molecule has 2 nitrogen and oxygen atoms in total. The molecule has 3 heteroatoms. The van der Waals surface area contributed by atoms with Gasteiger partial charge in [0.15, 0.2) is 0 Å². The number of thiol groups is 1. The van der Waals surface area contributed by atoms with Crippen LogP contribution in [0.5, 0.6) is 0 Å². The summed E-state index contributed by atoms with van der Waals surface area (Å²) in [6.45, 7) is 0. The third-order valence-electron chi connectivity index (χ3n) is 7.27. The second kappa shape index (κ2) is 9.86. The Kier molecular flexibility index (Phi) is 5.92. The van der Waals surface area contributed by atoms with Gasteiger partial charge < -0.3 is 9.47 Å². The predicted octanol–water partition coefficient (Wildman–Crippen LogP) is 10.2. The van der Waals surface area contributed by atoms with E-state index >= 15 is 0 Å². The summed E-state index contributed by atoms with van der Waals surface area (Å²) in [5.41, 5.74) is 9.26. The Balaban J connectivity index is 1.48. The normalized spacial score (nSPS) is 11.2. The van der Waals surface area contributed by atoms with Crippen LogP contribution in [0.2, 0.25) is 0 Å². The molecule has 1 aromatic heterocycles. The molecule has 0 aliphatic heterocycles. The van der Waals surface area contributed by atoms with E-state index in [-0.39, 0.29) is 0 Å². The molecule has 0 atom stereocenters. The van der Waals surface area contributed by atoms with Crippen LogP contribution in [0, 0.1) is 0 Å². The van der Waals surface area contributed by atoms with Crippen molar-refractivity contribution < 1.29 is 0 Å². The lowest BCUT2D eigenvalue weighted by Crippen LogP contribution is -2.10. The average Bonchev–Trinajstić information content (AvgIpc) is 3.35. The predicted molar refractivity (Wildman–Crippen MR) is 168 cm³/mol. The first kappa shape index (κ1) is 23.4. The number of rotatable bonds is 5. The van der Waals surface area contributed by atoms with Crippen LogP contribution in [0.3, 0.4) is 0 Å². The second-order valence-corrected chi connectivity index (χ2v) is 10.1. The van der Waals surface area contributed by atoms with Gasteiger partial charge >= 0.3 is 0 Å². The lowest BCUT2D eigenvalue weighted by Gasteiger charge is -2.27. The average molecular weight is 519 g/mol. The first-order chi connectivity index (χ1) is 19.3. The van der Waals surface area contributed by atoms with E-state index in [1.54, 1.807) is 0 Å². The Bertz CT molecular complexity index is 1890. The number of hydrogen-bond donors (Lipinski definition) is 1. The van der Waals surface area contributed by atoms with Gasteiger partial charge in [0.05, 0.1) is 16.7 Å². The largest absolute Gasteiger partial charge is 0.310 e. The summed E-state index contributed by atoms with van der Waals surface area (Å²) < 4.78 is 2.36. The minimum Gasteiger partial charge on any atom is -0.310 e. The van der Waals surface area contributed by atoms with Gasteiger partial charge in [-0.3, -0.25) is 0 Å². The number of para-hydroxylation sites is 2. The van der Waals surface area contributed by atoms with E-state index in [1.807, 2.05) is 0 Å². The number of hydrogen-bond acceptors (Lipinski definition) is 2. The number of fused-ring (bicyclic) bond motifs is 3. The molecule has 1 heterocycles. The molecule has 0 N–H and O–H groups in total. The number of benzene rings is 6. The van der Waals surface area contributed by atoms with Crippen LogP contribution in [-0.4, -0.2) is 4.57 Å². The van der Waals surface area contributed by atoms with Crippen LogP contribution in [-0.2, 0) is 0 Å². The standard InChI is InChI=1S/C36H26N2S/c39-31-24-22-30(23-25-31)37(29-20-18-27(19-21-29)26-10-3-1-4-11-26)34-16-9-17-35-36(34)32-14-7-8-15-33(32)38(35)28-12-5-2-6-13-28/h1-25,39H. The summed E-state index contributed by atoms with van der Waals surface area (Å²) in [7, 11) is 0. The summed E-state index contributed by atoms with van der Waals surface area (Å²) in [5.74, 6) is 0. The molecule has 0 saturated carbocycles. The molecule has 0 amide bonds. The van der Waals surface area contributed by atoms with Gasteiger partial charge in [0.1, 0.15) is 0 Å². The summed E-state index contributed by atoms with van der Waals surface area (Å²) in [6, 6.07) is 53.6. The molecule has 0 fully saturated rings. The van der Waals surface area contributed by atoms with E-state index in [1.165, 1.54) is 32.9 Å². The molecular weight excluding hydrogens is 492 g/mol. The zero-order valence-corrected chi connectivity index (χ0v) is 22.2. The van der Waals surface area contributed by atoms with Crippen molar-refractivity contribution >= 4 is 51.5 Å². The molecule has 39 heavy (non-hydrogen) atoms. The van der Waals surface area contributed by atoms with Gasteiger partial charge in [0, 0.05) is 32.7 Å². The van der Waals surface area contributed by atoms with Crippen LogP contribution >= 0.6 is 12.6 Å². The minimum absolute atomic E-state index is 0.942. The van der Waals surface area contributed by atoms with E-state index in [2.05, 4.69) is 174 Å². The van der Waals surface area contributed by atoms with E-state index < -0.39 is 0 Å². The molecule has 186 valence electrons. The monoisotopic (exact) mass is 518 g/mol. The van der Waals surface area contributed by atoms with Crippen molar-refractivity contribution in [1.82, 2.24) is 4.57 Å². The van der Waals surface area contributed by atoms with Crippen LogP contribution in [0.25, 0.3) is 38.6 Å². The molecule has 0 aliphatic carbocycles. The van der Waals surface area contributed by atoms with Gasteiger partial charge in [-0.1, -0.05) is 84.9 Å². The van der Waals surface area contributed by atoms with E-state index in [9.17, 15) is 0 Å². The molecule has 0 spiro atoms. The van der Waals surface area contributed by atoms with Crippen LogP contribution < -0.4 is 4.90 Å². The van der Waals surface area contributed by atoms with E-state index in [0.29, 0.717) is 0 Å². The fourth-order valence-electron chi connectivity index (χ4n) is 5.50. The van der Waals surface area contributed by atoms with Crippen LogP contribution in [0.4, 0.5) is 17.1 Å². The Morgan fingerprint density at radius 1 is 0.462 bits per heavy atom. The highest BCUT2D eigenvalue weighted by molar-refractivity contribution is 7.80. The van der Waals surface area contributed by atoms with Crippen LogP contribution in [0.15, 0.2) is 157 Å². The fraction of sp³-hybridized carbons (Fsp3) is 0. The Morgan fingerprint density at radius 2 is 1.03 bits per heavy atom. The maximum absolute atomic E-state index is 4.56. The molecule has 0 saturated heterocycles. The summed E-state index contributed by atoms with van der Waals surface area (Å²) >= 11 is 4.56. The maximum Gasteiger partial charge on any atom is 0.0562 e. The lowest BCUT2D eigenvalue weighted by molar-refractivity contribution is 1.18. The molecule has 0 bridgehead atoms. The van der Waals surface area contributed by atoms with Gasteiger partial charge in [0.25, 0.3) is 0 Å². The topological polar surface area (TPSA) is 8.17 Å². The second-order valence-electron chi connectivity index (χ2n) is 9.62. The molecule has 6 aromatic carbocycles. The van der Waals surface area contributed by atoms with Gasteiger partial charge in [-0.2, -0.15) is 0 Å². The lowest BCUT2D eigenvalue weighted by atomic mass is 10.0. The van der Waals surface area contributed by atoms with E-state index in [0.717, 1.165) is 27.6 Å². The SMILES string of the molecule is Sc1ccc(N(c2ccc(-c3ccccc3)cc2)c2cccc3c2c2ccccc2n3-c2ccccc2)cc1. The van der Waals surface area contributed by atoms with E-state index in [4.69, 9.17) is 0 Å². The number of nitrogens with zero attached hydrogens (tertiary/aromatic N) is 2. The van der Waals surface area contributed by atoms with Crippen molar-refractivity contribution in [3.8, 4) is 16.8 Å². The molecule has 0 aliphatic rings. The molecule has 0 radical (unpaired) electrons. The van der Waals surface area contributed by atoms with Crippen molar-refractivity contribution in [3.63, 3.8) is 0 Å². The summed E-state index contributed by atoms with van der Waals surface area (Å²) in [4.78, 5) is 3.29. The highest BCUT2D eigenvalue weighted by Gasteiger charge is 2.20. The molecular formula is C36H26N2S. The smallest absolute Gasteiger partial charge is 0.0562 e. The summed E-state index contributed by atoms with van der Waals surface area (Å²) in [5, 5.41) is 2.45. The van der Waals surface area contributed by atoms with Crippen molar-refractivity contribution in [3.05, 3.63) is 152 Å². The van der Waals surface area contributed by atoms with Crippen molar-refractivity contribution in [2.75, 3.05) is 4.90 Å². The summed E-state index contributed by atoms with van der Waals surface area (Å²) in [6.07, 6.45) is 0. The Morgan fingerprint density at radius 3 is 1.74 bits per heavy atom. The zero-order valence-electron chi connectivity index (χ0n) is 21.3.